The van der Waals surface area contributed by atoms with Crippen molar-refractivity contribution in [3.8, 4) is 0 Å². The van der Waals surface area contributed by atoms with E-state index in [2.05, 4.69) is 47.5 Å². The quantitative estimate of drug-likeness (QED) is 0.0397. The first-order valence-corrected chi connectivity index (χ1v) is 24.1. The van der Waals surface area contributed by atoms with E-state index in [9.17, 15) is 65.9 Å². The van der Waals surface area contributed by atoms with Crippen molar-refractivity contribution in [3.63, 3.8) is 0 Å². The Morgan fingerprint density at radius 2 is 0.703 bits per heavy atom. The molecule has 2 aliphatic rings. The second-order valence-electron chi connectivity index (χ2n) is 15.6. The third kappa shape index (κ3) is 47.0. The van der Waals surface area contributed by atoms with Gasteiger partial charge in [0.1, 0.15) is 5.78 Å². The van der Waals surface area contributed by atoms with Crippen LogP contribution < -0.4 is 128 Å². The number of hydrogen-bond acceptors (Lipinski definition) is 11. The van der Waals surface area contributed by atoms with Crippen LogP contribution in [0.25, 0.3) is 0 Å². The van der Waals surface area contributed by atoms with Gasteiger partial charge in [-0.05, 0) is 53.9 Å². The summed E-state index contributed by atoms with van der Waals surface area (Å²) >= 11 is 0. The molecule has 2 fully saturated rings. The predicted molar refractivity (Wildman–Crippen MR) is 219 cm³/mol. The van der Waals surface area contributed by atoms with Gasteiger partial charge in [-0.25, -0.2) is 34.4 Å². The molecular formula is C39H76Cl2F8K2N4O7S2-2. The normalized spacial score (nSPS) is 14.8. The van der Waals surface area contributed by atoms with Crippen LogP contribution in [-0.4, -0.2) is 141 Å². The molecule has 64 heavy (non-hydrogen) atoms. The number of halogens is 10. The van der Waals surface area contributed by atoms with Crippen molar-refractivity contribution in [1.82, 2.24) is 19.6 Å². The van der Waals surface area contributed by atoms with Crippen molar-refractivity contribution in [2.75, 3.05) is 66.7 Å². The van der Waals surface area contributed by atoms with E-state index in [1.807, 2.05) is 0 Å². The molecule has 0 atom stereocenters. The number of unbranched alkanes of at least 4 members (excludes halogenated alkanes) is 18. The number of carbonyl (C=O) groups excluding carboxylic acids is 1. The maximum absolute atomic E-state index is 11.4. The molecule has 2 heterocycles. The van der Waals surface area contributed by atoms with E-state index in [0.717, 1.165) is 0 Å². The van der Waals surface area contributed by atoms with Crippen LogP contribution in [0.3, 0.4) is 0 Å². The number of likely N-dealkylation sites (N-methyl/N-ethyl adjacent to an activating group) is 2. The van der Waals surface area contributed by atoms with Crippen LogP contribution in [0.4, 0.5) is 35.1 Å². The number of nitrogens with zero attached hydrogens (tertiary/aromatic N) is 4. The molecule has 0 spiro atoms. The van der Waals surface area contributed by atoms with Crippen LogP contribution in [0.15, 0.2) is 0 Å². The summed E-state index contributed by atoms with van der Waals surface area (Å²) in [6.07, 6.45) is 19.9. The summed E-state index contributed by atoms with van der Waals surface area (Å²) in [4.78, 5) is 19.4. The van der Waals surface area contributed by atoms with Gasteiger partial charge >= 0.3 is 126 Å². The number of hydrogen-bond donors (Lipinski definition) is 0. The predicted octanol–water partition coefficient (Wildman–Crippen LogP) is -2.39. The van der Waals surface area contributed by atoms with Crippen LogP contribution in [0.1, 0.15) is 156 Å². The minimum atomic E-state index is -6.23. The van der Waals surface area contributed by atoms with Crippen LogP contribution in [-0.2, 0) is 25.0 Å². The standard InChI is InChI=1S/2C16H34N2.C3H6O.2C2H2F4O3S.2ClH.2K/c2*1-3-4-5-6-7-8-9-10-11-12-13-18-15-14-17(2)16-18;1-3(2)4;2*3-1(4)2(5,6)10(7,8)9;;;;/h2*3-16H2,1-2H3;1-2H3;2*1H,(H,7,8,9);2*1H;;/q;;;;;;;2*+1/p-4. The third-order valence-corrected chi connectivity index (χ3v) is 11.0. The van der Waals surface area contributed by atoms with Crippen molar-refractivity contribution >= 4 is 26.0 Å². The molecule has 0 N–H and O–H groups in total. The van der Waals surface area contributed by atoms with Crippen molar-refractivity contribution in [1.29, 1.82) is 0 Å². The van der Waals surface area contributed by atoms with Gasteiger partial charge < -0.3 is 38.7 Å². The zero-order valence-electron chi connectivity index (χ0n) is 39.7. The van der Waals surface area contributed by atoms with Gasteiger partial charge in [-0.15, -0.1) is 0 Å². The maximum atomic E-state index is 11.4. The van der Waals surface area contributed by atoms with E-state index in [0.29, 0.717) is 0 Å². The summed E-state index contributed by atoms with van der Waals surface area (Å²) in [5.74, 6) is 0.167. The van der Waals surface area contributed by atoms with E-state index in [1.54, 1.807) is 0 Å². The van der Waals surface area contributed by atoms with E-state index in [-0.39, 0.29) is 133 Å². The van der Waals surface area contributed by atoms with Crippen LogP contribution in [0, 0.1) is 0 Å². The van der Waals surface area contributed by atoms with Crippen LogP contribution in [0.2, 0.25) is 0 Å². The average molecular weight is 1080 g/mol. The number of Topliss-reactive ketones (excluding diaryl/α,β-unsaturated/α-hetero) is 1. The molecule has 2 aliphatic heterocycles. The Labute approximate surface area is 479 Å². The number of alkyl halides is 8. The zero-order chi connectivity index (χ0) is 46.8. The largest absolute Gasteiger partial charge is 1.00 e. The Morgan fingerprint density at radius 3 is 0.844 bits per heavy atom. The average Bonchev–Trinajstić information content (AvgIpc) is 3.76. The Balaban J connectivity index is -0.000000133. The Bertz CT molecular complexity index is 1190. The summed E-state index contributed by atoms with van der Waals surface area (Å²) < 4.78 is 145. The Morgan fingerprint density at radius 1 is 0.500 bits per heavy atom. The molecular weight excluding hydrogens is 1000 g/mol. The molecule has 25 heteroatoms. The van der Waals surface area contributed by atoms with Crippen molar-refractivity contribution < 1.29 is 193 Å². The van der Waals surface area contributed by atoms with E-state index in [4.69, 9.17) is 0 Å². The fourth-order valence-electron chi connectivity index (χ4n) is 5.82. The molecule has 0 aromatic rings. The first-order valence-electron chi connectivity index (χ1n) is 21.3. The van der Waals surface area contributed by atoms with Crippen molar-refractivity contribution in [2.45, 2.75) is 179 Å². The Kier molecular flexibility index (Phi) is 60.4. The third-order valence-electron chi connectivity index (χ3n) is 9.31. The van der Waals surface area contributed by atoms with E-state index < -0.39 is 43.6 Å². The first kappa shape index (κ1) is 80.7. The van der Waals surface area contributed by atoms with E-state index in [1.165, 1.54) is 195 Å². The second-order valence-corrected chi connectivity index (χ2v) is 18.5. The molecule has 11 nitrogen and oxygen atoms in total. The van der Waals surface area contributed by atoms with Gasteiger partial charge in [0.25, 0.3) is 0 Å². The molecule has 0 saturated carbocycles. The minimum Gasteiger partial charge on any atom is -1.00 e. The van der Waals surface area contributed by atoms with Gasteiger partial charge in [0.2, 0.25) is 0 Å². The Hall–Kier alpha value is 2.62. The van der Waals surface area contributed by atoms with Crippen molar-refractivity contribution in [2.24, 2.45) is 0 Å². The summed E-state index contributed by atoms with van der Waals surface area (Å²) in [6, 6.07) is 0. The van der Waals surface area contributed by atoms with Gasteiger partial charge in [0.15, 0.2) is 20.2 Å². The van der Waals surface area contributed by atoms with Gasteiger partial charge in [-0.2, -0.15) is 17.6 Å². The summed E-state index contributed by atoms with van der Waals surface area (Å²) in [7, 11) is -8.03. The van der Waals surface area contributed by atoms with Gasteiger partial charge in [0.05, 0.1) is 13.3 Å². The molecule has 380 valence electrons. The summed E-state index contributed by atoms with van der Waals surface area (Å²) in [6.45, 7) is 17.8. The SMILES string of the molecule is CC(C)=O.CCCCCCCCCCCCN1CCN(C)C1.CCCCCCCCCCCCN1CCN(C)C1.O=S(=O)([O-])C(F)(F)C(F)F.O=S(=O)([O-])C(F)(F)C(F)F.[Cl-].[Cl-].[K+].[K+]. The van der Waals surface area contributed by atoms with Crippen LogP contribution in [0.5, 0.6) is 0 Å². The molecule has 0 aromatic heterocycles. The summed E-state index contributed by atoms with van der Waals surface area (Å²) in [5, 5.41) is -11.0. The molecule has 0 aromatic carbocycles. The zero-order valence-corrected chi connectivity index (χ0v) is 49.1. The summed E-state index contributed by atoms with van der Waals surface area (Å²) in [5.41, 5.74) is 0. The van der Waals surface area contributed by atoms with Crippen molar-refractivity contribution in [3.05, 3.63) is 0 Å². The second kappa shape index (κ2) is 47.9. The molecule has 2 saturated heterocycles. The van der Waals surface area contributed by atoms with Gasteiger partial charge in [-0.3, -0.25) is 19.6 Å². The topological polar surface area (TPSA) is 144 Å². The maximum Gasteiger partial charge on any atom is 1.00 e. The number of rotatable bonds is 26. The molecule has 0 aliphatic carbocycles. The smallest absolute Gasteiger partial charge is 1.00 e. The molecule has 0 amide bonds. The van der Waals surface area contributed by atoms with Gasteiger partial charge in [-0.1, -0.05) is 129 Å². The number of ketones is 1. The first-order chi connectivity index (χ1) is 27.8. The molecule has 0 unspecified atom stereocenters. The number of carbonyl (C=O) groups is 1. The molecule has 0 radical (unpaired) electrons. The molecule has 0 bridgehead atoms. The molecule has 2 rings (SSSR count). The van der Waals surface area contributed by atoms with Crippen LogP contribution >= 0.6 is 0 Å². The van der Waals surface area contributed by atoms with Gasteiger partial charge in [0, 0.05) is 26.2 Å². The monoisotopic (exact) mass is 1080 g/mol. The van der Waals surface area contributed by atoms with E-state index >= 15 is 0 Å². The fourth-order valence-corrected chi connectivity index (χ4v) is 6.26. The minimum absolute atomic E-state index is 0. The fraction of sp³-hybridized carbons (Fsp3) is 0.974.